The first-order valence-corrected chi connectivity index (χ1v) is 6.64. The maximum atomic E-state index is 11.8. The molecule has 2 N–H and O–H groups in total. The summed E-state index contributed by atoms with van der Waals surface area (Å²) in [7, 11) is 0. The lowest BCUT2D eigenvalue weighted by atomic mass is 10.2. The van der Waals surface area contributed by atoms with Crippen LogP contribution in [0.15, 0.2) is 40.2 Å². The Hall–Kier alpha value is -1.33. The summed E-state index contributed by atoms with van der Waals surface area (Å²) in [5.74, 6) is -0.279. The van der Waals surface area contributed by atoms with Crippen molar-refractivity contribution in [3.8, 4) is 5.75 Å². The van der Waals surface area contributed by atoms with Gasteiger partial charge in [-0.2, -0.15) is 0 Å². The molecule has 0 aliphatic heterocycles. The highest BCUT2D eigenvalue weighted by Crippen LogP contribution is 2.22. The second-order valence-electron chi connectivity index (χ2n) is 3.39. The molecule has 5 heteroatoms. The van der Waals surface area contributed by atoms with Gasteiger partial charge in [0.25, 0.3) is 5.91 Å². The largest absolute Gasteiger partial charge is 0.507 e. The average Bonchev–Trinajstić information content (AvgIpc) is 2.72. The lowest BCUT2D eigenvalue weighted by Gasteiger charge is -2.05. The molecular formula is C12H10BrNO2S. The minimum Gasteiger partial charge on any atom is -0.507 e. The zero-order valence-electron chi connectivity index (χ0n) is 8.81. The van der Waals surface area contributed by atoms with Crippen molar-refractivity contribution < 1.29 is 9.90 Å². The molecule has 2 aromatic rings. The van der Waals surface area contributed by atoms with Crippen molar-refractivity contribution in [3.63, 3.8) is 0 Å². The van der Waals surface area contributed by atoms with Gasteiger partial charge in [-0.3, -0.25) is 4.79 Å². The van der Waals surface area contributed by atoms with E-state index >= 15 is 0 Å². The van der Waals surface area contributed by atoms with Crippen LogP contribution < -0.4 is 5.32 Å². The Labute approximate surface area is 111 Å². The third kappa shape index (κ3) is 2.87. The third-order valence-corrected chi connectivity index (χ3v) is 4.18. The van der Waals surface area contributed by atoms with Crippen LogP contribution in [0, 0.1) is 0 Å². The maximum absolute atomic E-state index is 11.8. The van der Waals surface area contributed by atoms with Crippen molar-refractivity contribution >= 4 is 33.2 Å². The van der Waals surface area contributed by atoms with E-state index in [2.05, 4.69) is 21.2 Å². The SMILES string of the molecule is O=C(NCc1sccc1Br)c1ccccc1O. The fourth-order valence-electron chi connectivity index (χ4n) is 1.37. The highest BCUT2D eigenvalue weighted by Gasteiger charge is 2.10. The molecular weight excluding hydrogens is 302 g/mol. The summed E-state index contributed by atoms with van der Waals surface area (Å²) in [5, 5.41) is 14.2. The van der Waals surface area contributed by atoms with Gasteiger partial charge >= 0.3 is 0 Å². The molecule has 88 valence electrons. The molecule has 0 atom stereocenters. The van der Waals surface area contributed by atoms with Gasteiger partial charge in [0, 0.05) is 9.35 Å². The van der Waals surface area contributed by atoms with Crippen LogP contribution in [0.25, 0.3) is 0 Å². The summed E-state index contributed by atoms with van der Waals surface area (Å²) >= 11 is 4.96. The number of carbonyl (C=O) groups excluding carboxylic acids is 1. The van der Waals surface area contributed by atoms with Gasteiger partial charge in [0.1, 0.15) is 5.75 Å². The summed E-state index contributed by atoms with van der Waals surface area (Å²) in [6, 6.07) is 8.42. The van der Waals surface area contributed by atoms with E-state index in [1.54, 1.807) is 29.5 Å². The molecule has 0 fully saturated rings. The fraction of sp³-hybridized carbons (Fsp3) is 0.0833. The second kappa shape index (κ2) is 5.33. The number of thiophene rings is 1. The number of para-hydroxylation sites is 1. The van der Waals surface area contributed by atoms with E-state index in [9.17, 15) is 9.90 Å². The molecule has 0 unspecified atom stereocenters. The zero-order chi connectivity index (χ0) is 12.3. The van der Waals surface area contributed by atoms with Crippen molar-refractivity contribution in [2.45, 2.75) is 6.54 Å². The topological polar surface area (TPSA) is 49.3 Å². The number of phenols is 1. The summed E-state index contributed by atoms with van der Waals surface area (Å²) in [5.41, 5.74) is 0.292. The van der Waals surface area contributed by atoms with Crippen LogP contribution in [0.1, 0.15) is 15.2 Å². The van der Waals surface area contributed by atoms with Crippen LogP contribution in [0.3, 0.4) is 0 Å². The van der Waals surface area contributed by atoms with Crippen molar-refractivity contribution in [1.29, 1.82) is 0 Å². The molecule has 0 saturated carbocycles. The predicted molar refractivity (Wildman–Crippen MR) is 71.3 cm³/mol. The van der Waals surface area contributed by atoms with Gasteiger partial charge in [0.15, 0.2) is 0 Å². The molecule has 1 heterocycles. The Morgan fingerprint density at radius 3 is 2.76 bits per heavy atom. The first-order valence-electron chi connectivity index (χ1n) is 4.96. The Balaban J connectivity index is 2.04. The van der Waals surface area contributed by atoms with Crippen LogP contribution >= 0.6 is 27.3 Å². The van der Waals surface area contributed by atoms with E-state index in [0.717, 1.165) is 9.35 Å². The zero-order valence-corrected chi connectivity index (χ0v) is 11.2. The Morgan fingerprint density at radius 2 is 2.12 bits per heavy atom. The quantitative estimate of drug-likeness (QED) is 0.915. The first-order chi connectivity index (χ1) is 8.18. The monoisotopic (exact) mass is 311 g/mol. The van der Waals surface area contributed by atoms with Crippen molar-refractivity contribution in [3.05, 3.63) is 50.6 Å². The number of hydrogen-bond donors (Lipinski definition) is 2. The van der Waals surface area contributed by atoms with E-state index in [4.69, 9.17) is 0 Å². The minimum absolute atomic E-state index is 0.00440. The molecule has 0 saturated heterocycles. The Bertz CT molecular complexity index is 539. The van der Waals surface area contributed by atoms with Crippen molar-refractivity contribution in [1.82, 2.24) is 5.32 Å². The van der Waals surface area contributed by atoms with Crippen LogP contribution in [0.4, 0.5) is 0 Å². The smallest absolute Gasteiger partial charge is 0.255 e. The molecule has 1 aromatic heterocycles. The maximum Gasteiger partial charge on any atom is 0.255 e. The van der Waals surface area contributed by atoms with Crippen molar-refractivity contribution in [2.24, 2.45) is 0 Å². The predicted octanol–water partition coefficient (Wildman–Crippen LogP) is 3.15. The minimum atomic E-state index is -0.275. The molecule has 17 heavy (non-hydrogen) atoms. The van der Waals surface area contributed by atoms with Gasteiger partial charge in [-0.05, 0) is 39.5 Å². The molecule has 0 bridgehead atoms. The van der Waals surface area contributed by atoms with E-state index in [1.807, 2.05) is 11.4 Å². The van der Waals surface area contributed by atoms with Crippen molar-refractivity contribution in [2.75, 3.05) is 0 Å². The van der Waals surface area contributed by atoms with Gasteiger partial charge in [0.2, 0.25) is 0 Å². The number of nitrogens with one attached hydrogen (secondary N) is 1. The highest BCUT2D eigenvalue weighted by atomic mass is 79.9. The lowest BCUT2D eigenvalue weighted by molar-refractivity contribution is 0.0948. The number of hydrogen-bond acceptors (Lipinski definition) is 3. The normalized spacial score (nSPS) is 10.2. The van der Waals surface area contributed by atoms with Gasteiger partial charge in [-0.15, -0.1) is 11.3 Å². The Morgan fingerprint density at radius 1 is 1.35 bits per heavy atom. The molecule has 2 rings (SSSR count). The summed E-state index contributed by atoms with van der Waals surface area (Å²) in [6.45, 7) is 0.450. The molecule has 1 amide bonds. The first kappa shape index (κ1) is 12.1. The summed E-state index contributed by atoms with van der Waals surface area (Å²) in [4.78, 5) is 12.8. The third-order valence-electron chi connectivity index (χ3n) is 2.25. The number of halogens is 1. The molecule has 3 nitrogen and oxygen atoms in total. The molecule has 0 radical (unpaired) electrons. The van der Waals surface area contributed by atoms with Gasteiger partial charge in [0.05, 0.1) is 12.1 Å². The standard InChI is InChI=1S/C12H10BrNO2S/c13-9-5-6-17-11(9)7-14-12(16)8-3-1-2-4-10(8)15/h1-6,15H,7H2,(H,14,16). The highest BCUT2D eigenvalue weighted by molar-refractivity contribution is 9.10. The second-order valence-corrected chi connectivity index (χ2v) is 5.25. The van der Waals surface area contributed by atoms with Gasteiger partial charge in [-0.1, -0.05) is 12.1 Å². The van der Waals surface area contributed by atoms with E-state index in [-0.39, 0.29) is 11.7 Å². The van der Waals surface area contributed by atoms with Gasteiger partial charge < -0.3 is 10.4 Å². The van der Waals surface area contributed by atoms with Crippen LogP contribution in [-0.2, 0) is 6.54 Å². The number of benzene rings is 1. The fourth-order valence-corrected chi connectivity index (χ4v) is 2.80. The molecule has 0 spiro atoms. The van der Waals surface area contributed by atoms with Crippen LogP contribution in [0.2, 0.25) is 0 Å². The number of amides is 1. The van der Waals surface area contributed by atoms with Crippen LogP contribution in [0.5, 0.6) is 5.75 Å². The number of phenolic OH excluding ortho intramolecular Hbond substituents is 1. The number of carbonyl (C=O) groups is 1. The molecule has 1 aromatic carbocycles. The van der Waals surface area contributed by atoms with E-state index in [1.165, 1.54) is 6.07 Å². The van der Waals surface area contributed by atoms with E-state index in [0.29, 0.717) is 12.1 Å². The number of aromatic hydroxyl groups is 1. The average molecular weight is 312 g/mol. The summed E-state index contributed by atoms with van der Waals surface area (Å²) < 4.78 is 0.986. The molecule has 0 aliphatic rings. The van der Waals surface area contributed by atoms with Crippen LogP contribution in [-0.4, -0.2) is 11.0 Å². The molecule has 0 aliphatic carbocycles. The Kier molecular flexibility index (Phi) is 3.81. The van der Waals surface area contributed by atoms with Gasteiger partial charge in [-0.25, -0.2) is 0 Å². The summed E-state index contributed by atoms with van der Waals surface area (Å²) in [6.07, 6.45) is 0. The number of rotatable bonds is 3. The van der Waals surface area contributed by atoms with E-state index < -0.39 is 0 Å². The lowest BCUT2D eigenvalue weighted by Crippen LogP contribution is -2.22.